The zero-order valence-electron chi connectivity index (χ0n) is 1.10. The Bertz CT molecular complexity index is 8.00. The Morgan fingerprint density at radius 2 is 1.00 bits per heavy atom. The molecule has 0 aliphatic heterocycles. The van der Waals surface area contributed by atoms with Gasteiger partial charge in [-0.25, -0.2) is 0 Å². The minimum Gasteiger partial charge on any atom is 0 e. The van der Waals surface area contributed by atoms with Crippen molar-refractivity contribution in [1.82, 2.24) is 0 Å². The molecule has 4 heavy (non-hydrogen) atoms. The quantitative estimate of drug-likeness (QED) is 0.489. The molecular weight excluding hydrogens is 276 g/mol. The molecule has 0 spiro atoms. The molecule has 0 aromatic rings. The summed E-state index contributed by atoms with van der Waals surface area (Å²) in [6.45, 7) is 0. The standard InChI is InChI=1S/BH3.Co.Fe.Sm/h1H3;;;. The first kappa shape index (κ1) is 32.1. The van der Waals surface area contributed by atoms with Gasteiger partial charge in [-0.1, -0.05) is 0 Å². The summed E-state index contributed by atoms with van der Waals surface area (Å²) < 4.78 is 0. The smallest absolute Gasteiger partial charge is 0 e. The third-order valence-electron chi connectivity index (χ3n) is 0. The van der Waals surface area contributed by atoms with Crippen LogP contribution in [0.4, 0.5) is 0 Å². The van der Waals surface area contributed by atoms with Gasteiger partial charge in [0.05, 0.1) is 8.41 Å². The largest absolute Gasteiger partial charge is 0.0814 e. The summed E-state index contributed by atoms with van der Waals surface area (Å²) in [5.74, 6) is 0. The average molecular weight is 279 g/mol. The van der Waals surface area contributed by atoms with Crippen LogP contribution in [-0.4, -0.2) is 8.41 Å². The van der Waals surface area contributed by atoms with Crippen molar-refractivity contribution in [1.29, 1.82) is 0 Å². The molecule has 0 aromatic carbocycles. The third-order valence-corrected chi connectivity index (χ3v) is 0. The summed E-state index contributed by atoms with van der Waals surface area (Å²) in [7, 11) is 0. The van der Waals surface area contributed by atoms with Crippen LogP contribution in [0.3, 0.4) is 0 Å². The number of rotatable bonds is 0. The summed E-state index contributed by atoms with van der Waals surface area (Å²) >= 11 is 0. The SMILES string of the molecule is B.[Co].[Fe].[Sm]. The number of hydrogen-bond donors (Lipinski definition) is 0. The third kappa shape index (κ3) is 8.83. The maximum atomic E-state index is 0. The molecule has 0 N–H and O–H groups in total. The fourth-order valence-electron chi connectivity index (χ4n) is 0. The van der Waals surface area contributed by atoms with Gasteiger partial charge in [0.15, 0.2) is 0 Å². The molecule has 0 aliphatic rings. The van der Waals surface area contributed by atoms with Crippen LogP contribution in [0, 0.1) is 40.4 Å². The molecule has 0 aromatic heterocycles. The van der Waals surface area contributed by atoms with Gasteiger partial charge in [0.25, 0.3) is 0 Å². The first-order valence-corrected chi connectivity index (χ1v) is 0. The van der Waals surface area contributed by atoms with Crippen LogP contribution in [0.5, 0.6) is 0 Å². The Hall–Kier alpha value is 2.43. The van der Waals surface area contributed by atoms with Gasteiger partial charge in [0.2, 0.25) is 0 Å². The Kier molecular flexibility index (Phi) is 145. The van der Waals surface area contributed by atoms with Crippen LogP contribution in [-0.2, 0) is 33.8 Å². The molecule has 0 unspecified atom stereocenters. The van der Waals surface area contributed by atoms with E-state index in [9.17, 15) is 0 Å². The molecule has 4 heteroatoms. The van der Waals surface area contributed by atoms with Crippen LogP contribution in [0.2, 0.25) is 0 Å². The molecule has 0 saturated heterocycles. The second kappa shape index (κ2) is 18.1. The normalized spacial score (nSPS) is 0. The summed E-state index contributed by atoms with van der Waals surface area (Å²) in [6.07, 6.45) is 0. The van der Waals surface area contributed by atoms with Crippen molar-refractivity contribution in [3.05, 3.63) is 0 Å². The van der Waals surface area contributed by atoms with Crippen LogP contribution < -0.4 is 0 Å². The van der Waals surface area contributed by atoms with Crippen molar-refractivity contribution in [2.24, 2.45) is 0 Å². The van der Waals surface area contributed by atoms with Gasteiger partial charge in [0, 0.05) is 74.2 Å². The Labute approximate surface area is 81.2 Å². The number of hydrogen-bond acceptors (Lipinski definition) is 0. The predicted molar refractivity (Wildman–Crippen MR) is 9.94 cm³/mol. The van der Waals surface area contributed by atoms with Crippen molar-refractivity contribution in [2.75, 3.05) is 0 Å². The Balaban J connectivity index is 0. The first-order chi connectivity index (χ1) is 0. The van der Waals surface area contributed by atoms with E-state index in [4.69, 9.17) is 0 Å². The zero-order chi connectivity index (χ0) is 0. The molecule has 0 amide bonds. The van der Waals surface area contributed by atoms with Crippen LogP contribution in [0.15, 0.2) is 0 Å². The molecule has 0 saturated carbocycles. The molecule has 0 aliphatic carbocycles. The van der Waals surface area contributed by atoms with Crippen molar-refractivity contribution in [3.8, 4) is 0 Å². The van der Waals surface area contributed by atoms with Crippen LogP contribution in [0.1, 0.15) is 0 Å². The van der Waals surface area contributed by atoms with Gasteiger partial charge >= 0.3 is 0 Å². The maximum absolute atomic E-state index is 0. The van der Waals surface area contributed by atoms with Gasteiger partial charge in [-0.3, -0.25) is 0 Å². The van der Waals surface area contributed by atoms with E-state index in [1.54, 1.807) is 0 Å². The molecule has 0 rings (SSSR count). The minimum atomic E-state index is 0. The van der Waals surface area contributed by atoms with Gasteiger partial charge in [-0.05, 0) is 0 Å². The Morgan fingerprint density at radius 3 is 1.00 bits per heavy atom. The van der Waals surface area contributed by atoms with E-state index in [1.807, 2.05) is 0 Å². The average Bonchev–Trinajstić information content (AvgIpc) is 0. The van der Waals surface area contributed by atoms with Crippen LogP contribution in [0.25, 0.3) is 0 Å². The molecule has 0 bridgehead atoms. The van der Waals surface area contributed by atoms with E-state index in [1.165, 1.54) is 0 Å². The van der Waals surface area contributed by atoms with E-state index in [0.29, 0.717) is 0 Å². The Morgan fingerprint density at radius 1 is 1.00 bits per heavy atom. The van der Waals surface area contributed by atoms with Crippen molar-refractivity contribution in [2.45, 2.75) is 0 Å². The fourth-order valence-corrected chi connectivity index (χ4v) is 0. The first-order valence-electron chi connectivity index (χ1n) is 0. The van der Waals surface area contributed by atoms with Crippen molar-refractivity contribution < 1.29 is 74.2 Å². The van der Waals surface area contributed by atoms with E-state index in [2.05, 4.69) is 0 Å². The maximum Gasteiger partial charge on any atom is 0.0814 e. The monoisotopic (exact) mass is 281 g/mol. The van der Waals surface area contributed by atoms with Gasteiger partial charge in [-0.15, -0.1) is 0 Å². The molecule has 1 radical (unpaired) electrons. The van der Waals surface area contributed by atoms with Gasteiger partial charge in [-0.2, -0.15) is 0 Å². The van der Waals surface area contributed by atoms with Crippen molar-refractivity contribution >= 4 is 8.41 Å². The van der Waals surface area contributed by atoms with E-state index in [-0.39, 0.29) is 82.6 Å². The summed E-state index contributed by atoms with van der Waals surface area (Å²) in [5.41, 5.74) is 0. The summed E-state index contributed by atoms with van der Waals surface area (Å²) in [4.78, 5) is 0. The zero-order valence-corrected chi connectivity index (χ0v) is 5.86. The topological polar surface area (TPSA) is 0 Å². The minimum absolute atomic E-state index is 0. The van der Waals surface area contributed by atoms with Crippen molar-refractivity contribution in [3.63, 3.8) is 0 Å². The predicted octanol–water partition coefficient (Wildman–Crippen LogP) is -1.19. The second-order valence-corrected chi connectivity index (χ2v) is 0. The molecule has 0 fully saturated rings. The molecule has 0 heterocycles. The van der Waals surface area contributed by atoms with E-state index in [0.717, 1.165) is 0 Å². The van der Waals surface area contributed by atoms with Gasteiger partial charge in [0.1, 0.15) is 0 Å². The summed E-state index contributed by atoms with van der Waals surface area (Å²) in [6, 6.07) is 0. The molecule has 29 valence electrons. The second-order valence-electron chi connectivity index (χ2n) is 0. The fraction of sp³-hybridized carbons (Fsp3) is 0. The van der Waals surface area contributed by atoms with E-state index >= 15 is 0 Å². The van der Waals surface area contributed by atoms with E-state index < -0.39 is 0 Å². The molecule has 0 atom stereocenters. The molecular formula is H3BCoFeSm. The van der Waals surface area contributed by atoms with Gasteiger partial charge < -0.3 is 0 Å². The molecule has 0 nitrogen and oxygen atoms in total. The summed E-state index contributed by atoms with van der Waals surface area (Å²) in [5, 5.41) is 0. The van der Waals surface area contributed by atoms with Crippen LogP contribution >= 0.6 is 0 Å².